The second-order valence-corrected chi connectivity index (χ2v) is 11.9. The monoisotopic (exact) mass is 624 g/mol. The highest BCUT2D eigenvalue weighted by atomic mass is 15.0. The van der Waals surface area contributed by atoms with Crippen molar-refractivity contribution < 1.29 is 0 Å². The van der Waals surface area contributed by atoms with Crippen LogP contribution < -0.4 is 0 Å². The van der Waals surface area contributed by atoms with Crippen LogP contribution in [0.1, 0.15) is 0 Å². The molecule has 2 aromatic heterocycles. The lowest BCUT2D eigenvalue weighted by atomic mass is 9.93. The Bertz CT molecular complexity index is 2530. The Morgan fingerprint density at radius 2 is 0.939 bits per heavy atom. The van der Waals surface area contributed by atoms with E-state index in [-0.39, 0.29) is 0 Å². The van der Waals surface area contributed by atoms with Gasteiger partial charge >= 0.3 is 0 Å². The Kier molecular flexibility index (Phi) is 7.00. The van der Waals surface area contributed by atoms with E-state index in [2.05, 4.69) is 114 Å². The molecule has 0 spiro atoms. The first kappa shape index (κ1) is 28.4. The molecule has 7 aromatic carbocycles. The van der Waals surface area contributed by atoms with Gasteiger partial charge in [0.05, 0.1) is 16.7 Å². The lowest BCUT2D eigenvalue weighted by molar-refractivity contribution is 1.07. The smallest absolute Gasteiger partial charge is 0.164 e. The average molecular weight is 625 g/mol. The first-order valence-corrected chi connectivity index (χ1v) is 16.3. The molecule has 0 N–H and O–H groups in total. The topological polar surface area (TPSA) is 43.6 Å². The minimum atomic E-state index is 0.636. The molecule has 9 rings (SSSR count). The number of para-hydroxylation sites is 1. The van der Waals surface area contributed by atoms with Crippen LogP contribution in [0.3, 0.4) is 0 Å². The van der Waals surface area contributed by atoms with Crippen LogP contribution in [0.4, 0.5) is 0 Å². The van der Waals surface area contributed by atoms with Gasteiger partial charge in [-0.3, -0.25) is 0 Å². The third-order valence-electron chi connectivity index (χ3n) is 8.94. The summed E-state index contributed by atoms with van der Waals surface area (Å²) in [5.74, 6) is 1.93. The van der Waals surface area contributed by atoms with Crippen LogP contribution in [0.5, 0.6) is 0 Å². The number of nitrogens with zero attached hydrogens (tertiary/aromatic N) is 4. The van der Waals surface area contributed by atoms with E-state index in [9.17, 15) is 0 Å². The van der Waals surface area contributed by atoms with E-state index in [1.807, 2.05) is 72.8 Å². The Balaban J connectivity index is 1.17. The molecule has 0 unspecified atom stereocenters. The molecule has 0 aliphatic heterocycles. The minimum Gasteiger partial charge on any atom is -0.309 e. The fraction of sp³-hybridized carbons (Fsp3) is 0. The molecule has 0 fully saturated rings. The molecule has 49 heavy (non-hydrogen) atoms. The highest BCUT2D eigenvalue weighted by Gasteiger charge is 2.16. The summed E-state index contributed by atoms with van der Waals surface area (Å²) in [4.78, 5) is 14.8. The maximum Gasteiger partial charge on any atom is 0.164 e. The van der Waals surface area contributed by atoms with E-state index in [1.165, 1.54) is 10.8 Å². The van der Waals surface area contributed by atoms with Gasteiger partial charge in [-0.2, -0.15) is 0 Å². The van der Waals surface area contributed by atoms with Gasteiger partial charge in [0.25, 0.3) is 0 Å². The molecule has 0 saturated heterocycles. The van der Waals surface area contributed by atoms with Gasteiger partial charge in [0, 0.05) is 33.5 Å². The second-order valence-electron chi connectivity index (χ2n) is 11.9. The van der Waals surface area contributed by atoms with Crippen molar-refractivity contribution in [3.63, 3.8) is 0 Å². The average Bonchev–Trinajstić information content (AvgIpc) is 3.52. The molecule has 0 atom stereocenters. The lowest BCUT2D eigenvalue weighted by Crippen LogP contribution is -2.00. The van der Waals surface area contributed by atoms with Crippen LogP contribution in [0, 0.1) is 12.1 Å². The zero-order chi connectivity index (χ0) is 32.6. The van der Waals surface area contributed by atoms with Crippen LogP contribution in [-0.4, -0.2) is 19.5 Å². The first-order chi connectivity index (χ1) is 24.3. The van der Waals surface area contributed by atoms with Gasteiger partial charge in [-0.05, 0) is 58.7 Å². The van der Waals surface area contributed by atoms with E-state index in [1.54, 1.807) is 0 Å². The zero-order valence-electron chi connectivity index (χ0n) is 26.5. The Morgan fingerprint density at radius 1 is 0.388 bits per heavy atom. The molecular formula is C45H28N4. The molecule has 0 aliphatic carbocycles. The molecule has 2 heterocycles. The van der Waals surface area contributed by atoms with Crippen molar-refractivity contribution in [1.82, 2.24) is 19.5 Å². The maximum atomic E-state index is 4.98. The number of fused-ring (bicyclic) bond motifs is 3. The van der Waals surface area contributed by atoms with E-state index in [4.69, 9.17) is 15.0 Å². The largest absolute Gasteiger partial charge is 0.309 e. The summed E-state index contributed by atoms with van der Waals surface area (Å²) >= 11 is 0. The maximum absolute atomic E-state index is 4.98. The molecule has 9 aromatic rings. The van der Waals surface area contributed by atoms with Gasteiger partial charge in [0.1, 0.15) is 0 Å². The fourth-order valence-electron chi connectivity index (χ4n) is 6.65. The molecule has 0 aliphatic rings. The number of hydrogen-bond acceptors (Lipinski definition) is 3. The number of hydrogen-bond donors (Lipinski definition) is 0. The highest BCUT2D eigenvalue weighted by Crippen LogP contribution is 2.38. The highest BCUT2D eigenvalue weighted by molar-refractivity contribution is 6.10. The van der Waals surface area contributed by atoms with Gasteiger partial charge < -0.3 is 4.57 Å². The summed E-state index contributed by atoms with van der Waals surface area (Å²) in [7, 11) is 0. The van der Waals surface area contributed by atoms with Crippen LogP contribution >= 0.6 is 0 Å². The lowest BCUT2D eigenvalue weighted by Gasteiger charge is -2.13. The van der Waals surface area contributed by atoms with Gasteiger partial charge in [-0.1, -0.05) is 140 Å². The third-order valence-corrected chi connectivity index (χ3v) is 8.94. The summed E-state index contributed by atoms with van der Waals surface area (Å²) in [6.07, 6.45) is 0. The Labute approximate surface area is 284 Å². The summed E-state index contributed by atoms with van der Waals surface area (Å²) in [5.41, 5.74) is 10.8. The van der Waals surface area contributed by atoms with Gasteiger partial charge in [-0.25, -0.2) is 15.0 Å². The van der Waals surface area contributed by atoms with Crippen molar-refractivity contribution in [3.8, 4) is 62.1 Å². The van der Waals surface area contributed by atoms with Crippen LogP contribution in [-0.2, 0) is 0 Å². The number of rotatable bonds is 6. The molecule has 0 saturated carbocycles. The van der Waals surface area contributed by atoms with E-state index >= 15 is 0 Å². The van der Waals surface area contributed by atoms with Crippen molar-refractivity contribution in [1.29, 1.82) is 0 Å². The Morgan fingerprint density at radius 3 is 1.61 bits per heavy atom. The summed E-state index contributed by atoms with van der Waals surface area (Å²) in [6.45, 7) is 0. The van der Waals surface area contributed by atoms with E-state index in [0.29, 0.717) is 17.5 Å². The van der Waals surface area contributed by atoms with Crippen LogP contribution in [0.2, 0.25) is 0 Å². The second kappa shape index (κ2) is 12.1. The summed E-state index contributed by atoms with van der Waals surface area (Å²) < 4.78 is 2.30. The fourth-order valence-corrected chi connectivity index (χ4v) is 6.65. The first-order valence-electron chi connectivity index (χ1n) is 16.3. The quantitative estimate of drug-likeness (QED) is 0.185. The summed E-state index contributed by atoms with van der Waals surface area (Å²) in [5, 5.41) is 2.42. The van der Waals surface area contributed by atoms with Gasteiger partial charge in [-0.15, -0.1) is 0 Å². The predicted octanol–water partition coefficient (Wildman–Crippen LogP) is 10.9. The van der Waals surface area contributed by atoms with Crippen molar-refractivity contribution in [2.24, 2.45) is 0 Å². The predicted molar refractivity (Wildman–Crippen MR) is 199 cm³/mol. The minimum absolute atomic E-state index is 0.636. The van der Waals surface area contributed by atoms with Gasteiger partial charge in [0.2, 0.25) is 0 Å². The van der Waals surface area contributed by atoms with Crippen molar-refractivity contribution in [2.45, 2.75) is 0 Å². The molecule has 4 heteroatoms. The normalized spacial score (nSPS) is 11.1. The van der Waals surface area contributed by atoms with Crippen molar-refractivity contribution in [3.05, 3.63) is 182 Å². The molecule has 0 amide bonds. The summed E-state index contributed by atoms with van der Waals surface area (Å²) in [6, 6.07) is 64.8. The number of benzene rings is 6. The molecule has 0 radical (unpaired) electrons. The number of aromatic nitrogens is 4. The third kappa shape index (κ3) is 5.20. The molecule has 0 bridgehead atoms. The Hall–Kier alpha value is -6.83. The molecule has 4 nitrogen and oxygen atoms in total. The van der Waals surface area contributed by atoms with Gasteiger partial charge in [0.15, 0.2) is 17.5 Å². The molecular weight excluding hydrogens is 597 g/mol. The van der Waals surface area contributed by atoms with E-state index < -0.39 is 0 Å². The van der Waals surface area contributed by atoms with E-state index in [0.717, 1.165) is 55.7 Å². The zero-order valence-corrected chi connectivity index (χ0v) is 26.5. The van der Waals surface area contributed by atoms with Crippen molar-refractivity contribution >= 4 is 21.8 Å². The molecule has 228 valence electrons. The standard InChI is InChI=1S/C45H28N4/c1-4-15-31(16-5-1)43-46-44(32-17-6-2-7-18-32)48-45(47-43)35-20-14-19-33(29-35)37-23-10-11-24-38(37)34-27-28-42-40(30-34)39-25-12-13-26-41(39)49(42)36-21-8-3-9-22-36/h1-2,4-8,10-30H. The van der Waals surface area contributed by atoms with Crippen molar-refractivity contribution in [2.75, 3.05) is 0 Å². The van der Waals surface area contributed by atoms with Crippen LogP contribution in [0.15, 0.2) is 170 Å². The van der Waals surface area contributed by atoms with Crippen LogP contribution in [0.25, 0.3) is 83.9 Å². The SMILES string of the molecule is c1ccc(-n2c3ccccc3c3cc(-c4ccccc4-c4cccc(-c5nc(-c6ccccc6)nc(-c6ccccc6)n5)c4)ccc32)cc#1.